The van der Waals surface area contributed by atoms with Crippen molar-refractivity contribution in [3.05, 3.63) is 96.2 Å². The van der Waals surface area contributed by atoms with Crippen molar-refractivity contribution in [3.8, 4) is 17.0 Å². The minimum absolute atomic E-state index is 0.178. The van der Waals surface area contributed by atoms with Gasteiger partial charge < -0.3 is 10.1 Å². The van der Waals surface area contributed by atoms with Crippen molar-refractivity contribution < 1.29 is 9.53 Å². The molecule has 0 aliphatic carbocycles. The van der Waals surface area contributed by atoms with Crippen molar-refractivity contribution in [2.75, 3.05) is 12.4 Å². The number of carbonyl (C=O) groups is 1. The van der Waals surface area contributed by atoms with Crippen LogP contribution in [0.3, 0.4) is 0 Å². The average Bonchev–Trinajstić information content (AvgIpc) is 3.15. The minimum Gasteiger partial charge on any atom is -0.497 e. The van der Waals surface area contributed by atoms with Gasteiger partial charge in [0.05, 0.1) is 7.11 Å². The first kappa shape index (κ1) is 18.9. The molecule has 0 saturated carbocycles. The standard InChI is InChI=1S/C26H21N3O2/c1-17-13-14-29-23(15-17)27-24(19-9-11-22(31-2)12-10-19)25(29)28-26(30)21-8-7-18-5-3-4-6-20(18)16-21/h3-16H,1-2H3,(H,28,30). The fourth-order valence-corrected chi connectivity index (χ4v) is 3.73. The third-order valence-electron chi connectivity index (χ3n) is 5.39. The van der Waals surface area contributed by atoms with E-state index in [9.17, 15) is 4.79 Å². The average molecular weight is 407 g/mol. The van der Waals surface area contributed by atoms with Crippen LogP contribution >= 0.6 is 0 Å². The minimum atomic E-state index is -0.178. The SMILES string of the molecule is COc1ccc(-c2nc3cc(C)ccn3c2NC(=O)c2ccc3ccccc3c2)cc1. The van der Waals surface area contributed by atoms with Crippen molar-refractivity contribution >= 4 is 28.1 Å². The third-order valence-corrected chi connectivity index (χ3v) is 5.39. The van der Waals surface area contributed by atoms with Gasteiger partial charge in [-0.15, -0.1) is 0 Å². The number of benzene rings is 3. The van der Waals surface area contributed by atoms with Gasteiger partial charge >= 0.3 is 0 Å². The second kappa shape index (κ2) is 7.61. The summed E-state index contributed by atoms with van der Waals surface area (Å²) in [5, 5.41) is 5.22. The number of hydrogen-bond acceptors (Lipinski definition) is 3. The van der Waals surface area contributed by atoms with E-state index in [0.29, 0.717) is 17.1 Å². The predicted molar refractivity (Wildman–Crippen MR) is 124 cm³/mol. The van der Waals surface area contributed by atoms with Gasteiger partial charge in [0.2, 0.25) is 0 Å². The molecule has 0 saturated heterocycles. The highest BCUT2D eigenvalue weighted by Crippen LogP contribution is 2.31. The zero-order valence-corrected chi connectivity index (χ0v) is 17.3. The highest BCUT2D eigenvalue weighted by Gasteiger charge is 2.18. The lowest BCUT2D eigenvalue weighted by Crippen LogP contribution is -2.14. The van der Waals surface area contributed by atoms with Gasteiger partial charge in [0.25, 0.3) is 5.91 Å². The van der Waals surface area contributed by atoms with Crippen LogP contribution in [0.5, 0.6) is 5.75 Å². The maximum absolute atomic E-state index is 13.2. The van der Waals surface area contributed by atoms with E-state index >= 15 is 0 Å². The van der Waals surface area contributed by atoms with Gasteiger partial charge in [0.15, 0.2) is 0 Å². The number of nitrogens with zero attached hydrogens (tertiary/aromatic N) is 2. The molecule has 1 amide bonds. The molecule has 0 spiro atoms. The number of nitrogens with one attached hydrogen (secondary N) is 1. The normalized spacial score (nSPS) is 11.0. The number of methoxy groups -OCH3 is 1. The number of aryl methyl sites for hydroxylation is 1. The van der Waals surface area contributed by atoms with E-state index in [2.05, 4.69) is 5.32 Å². The van der Waals surface area contributed by atoms with Crippen LogP contribution in [0.2, 0.25) is 0 Å². The molecule has 0 bridgehead atoms. The van der Waals surface area contributed by atoms with Crippen molar-refractivity contribution in [1.29, 1.82) is 0 Å². The fraction of sp³-hybridized carbons (Fsp3) is 0.0769. The number of pyridine rings is 1. The summed E-state index contributed by atoms with van der Waals surface area (Å²) in [4.78, 5) is 18.0. The molecule has 1 N–H and O–H groups in total. The predicted octanol–water partition coefficient (Wildman–Crippen LogP) is 5.72. The third kappa shape index (κ3) is 3.51. The molecular weight excluding hydrogens is 386 g/mol. The highest BCUT2D eigenvalue weighted by molar-refractivity contribution is 6.07. The molecule has 2 heterocycles. The van der Waals surface area contributed by atoms with E-state index < -0.39 is 0 Å². The van der Waals surface area contributed by atoms with E-state index in [0.717, 1.165) is 33.3 Å². The molecule has 0 aliphatic rings. The first-order chi connectivity index (χ1) is 15.1. The topological polar surface area (TPSA) is 55.6 Å². The highest BCUT2D eigenvalue weighted by atomic mass is 16.5. The Kier molecular flexibility index (Phi) is 4.64. The number of carbonyl (C=O) groups excluding carboxylic acids is 1. The lowest BCUT2D eigenvalue weighted by Gasteiger charge is -2.09. The van der Waals surface area contributed by atoms with Crippen LogP contribution in [0.1, 0.15) is 15.9 Å². The first-order valence-electron chi connectivity index (χ1n) is 10.1. The fourth-order valence-electron chi connectivity index (χ4n) is 3.73. The van der Waals surface area contributed by atoms with E-state index in [-0.39, 0.29) is 5.91 Å². The van der Waals surface area contributed by atoms with Crippen molar-refractivity contribution in [2.24, 2.45) is 0 Å². The van der Waals surface area contributed by atoms with Crippen LogP contribution in [0.15, 0.2) is 85.1 Å². The van der Waals surface area contributed by atoms with E-state index in [4.69, 9.17) is 9.72 Å². The van der Waals surface area contributed by atoms with Gasteiger partial charge in [-0.3, -0.25) is 9.20 Å². The zero-order valence-electron chi connectivity index (χ0n) is 17.3. The summed E-state index contributed by atoms with van der Waals surface area (Å²) >= 11 is 0. The smallest absolute Gasteiger partial charge is 0.256 e. The molecule has 5 rings (SSSR count). The maximum atomic E-state index is 13.2. The molecule has 0 unspecified atom stereocenters. The summed E-state index contributed by atoms with van der Waals surface area (Å²) in [6.45, 7) is 2.02. The summed E-state index contributed by atoms with van der Waals surface area (Å²) in [7, 11) is 1.64. The lowest BCUT2D eigenvalue weighted by atomic mass is 10.1. The number of rotatable bonds is 4. The Morgan fingerprint density at radius 2 is 1.71 bits per heavy atom. The Morgan fingerprint density at radius 3 is 2.48 bits per heavy atom. The summed E-state index contributed by atoms with van der Waals surface area (Å²) in [5.74, 6) is 1.23. The molecule has 0 aliphatic heterocycles. The molecule has 0 fully saturated rings. The molecule has 0 radical (unpaired) electrons. The van der Waals surface area contributed by atoms with Gasteiger partial charge in [-0.05, 0) is 71.8 Å². The summed E-state index contributed by atoms with van der Waals surface area (Å²) in [5.41, 5.74) is 4.09. The second-order valence-electron chi connectivity index (χ2n) is 7.49. The molecule has 152 valence electrons. The van der Waals surface area contributed by atoms with Gasteiger partial charge in [0, 0.05) is 17.3 Å². The molecule has 5 nitrogen and oxygen atoms in total. The number of imidazole rings is 1. The Bertz CT molecular complexity index is 1420. The molecule has 3 aromatic carbocycles. The number of anilines is 1. The number of ether oxygens (including phenoxy) is 1. The quantitative estimate of drug-likeness (QED) is 0.414. The summed E-state index contributed by atoms with van der Waals surface area (Å²) in [6.07, 6.45) is 1.93. The number of fused-ring (bicyclic) bond motifs is 2. The number of hydrogen-bond donors (Lipinski definition) is 1. The van der Waals surface area contributed by atoms with Crippen molar-refractivity contribution in [1.82, 2.24) is 9.38 Å². The van der Waals surface area contributed by atoms with Crippen molar-refractivity contribution in [2.45, 2.75) is 6.92 Å². The van der Waals surface area contributed by atoms with E-state index in [1.165, 1.54) is 0 Å². The zero-order chi connectivity index (χ0) is 21.4. The van der Waals surface area contributed by atoms with E-state index in [1.54, 1.807) is 7.11 Å². The van der Waals surface area contributed by atoms with Crippen LogP contribution in [0.25, 0.3) is 27.7 Å². The van der Waals surface area contributed by atoms with Gasteiger partial charge in [-0.1, -0.05) is 30.3 Å². The Balaban J connectivity index is 1.59. The second-order valence-corrected chi connectivity index (χ2v) is 7.49. The molecule has 2 aromatic heterocycles. The van der Waals surface area contributed by atoms with Crippen LogP contribution in [0.4, 0.5) is 5.82 Å². The largest absolute Gasteiger partial charge is 0.497 e. The Hall–Kier alpha value is -4.12. The molecule has 0 atom stereocenters. The van der Waals surface area contributed by atoms with Crippen LogP contribution in [-0.2, 0) is 0 Å². The maximum Gasteiger partial charge on any atom is 0.256 e. The van der Waals surface area contributed by atoms with Crippen LogP contribution < -0.4 is 10.1 Å². The number of aromatic nitrogens is 2. The van der Waals surface area contributed by atoms with Crippen molar-refractivity contribution in [3.63, 3.8) is 0 Å². The summed E-state index contributed by atoms with van der Waals surface area (Å²) in [6, 6.07) is 25.4. The van der Waals surface area contributed by atoms with Crippen LogP contribution in [-0.4, -0.2) is 22.4 Å². The van der Waals surface area contributed by atoms with Gasteiger partial charge in [-0.25, -0.2) is 4.98 Å². The van der Waals surface area contributed by atoms with E-state index in [1.807, 2.05) is 96.4 Å². The molecule has 5 heteroatoms. The Labute approximate surface area is 179 Å². The molecule has 31 heavy (non-hydrogen) atoms. The molecular formula is C26H21N3O2. The lowest BCUT2D eigenvalue weighted by molar-refractivity contribution is 0.102. The molecule has 5 aromatic rings. The Morgan fingerprint density at radius 1 is 0.935 bits per heavy atom. The first-order valence-corrected chi connectivity index (χ1v) is 10.1. The summed E-state index contributed by atoms with van der Waals surface area (Å²) < 4.78 is 7.18. The van der Waals surface area contributed by atoms with Gasteiger partial charge in [-0.2, -0.15) is 0 Å². The monoisotopic (exact) mass is 407 g/mol. The number of amides is 1. The van der Waals surface area contributed by atoms with Gasteiger partial charge in [0.1, 0.15) is 22.9 Å². The van der Waals surface area contributed by atoms with Crippen LogP contribution in [0, 0.1) is 6.92 Å².